The Kier molecular flexibility index (Phi) is 5.11. The molecule has 2 aromatic carbocycles. The van der Waals surface area contributed by atoms with Gasteiger partial charge in [0.05, 0.1) is 4.90 Å². The molecular formula is C19H23FN2O2S. The van der Waals surface area contributed by atoms with Crippen LogP contribution in [0.3, 0.4) is 0 Å². The summed E-state index contributed by atoms with van der Waals surface area (Å²) in [5.74, 6) is 0.436. The Morgan fingerprint density at radius 1 is 1.04 bits per heavy atom. The minimum absolute atomic E-state index is 0.236. The molecule has 1 aliphatic heterocycles. The van der Waals surface area contributed by atoms with E-state index in [9.17, 15) is 12.8 Å². The van der Waals surface area contributed by atoms with Crippen molar-refractivity contribution in [2.24, 2.45) is 5.92 Å². The molecule has 1 unspecified atom stereocenters. The van der Waals surface area contributed by atoms with Crippen molar-refractivity contribution in [1.29, 1.82) is 0 Å². The van der Waals surface area contributed by atoms with Gasteiger partial charge in [-0.1, -0.05) is 19.1 Å². The third-order valence-corrected chi connectivity index (χ3v) is 7.03. The number of nitrogens with two attached hydrogens (primary N) is 1. The van der Waals surface area contributed by atoms with Crippen molar-refractivity contribution < 1.29 is 12.8 Å². The van der Waals surface area contributed by atoms with Crippen LogP contribution in [-0.4, -0.2) is 25.8 Å². The highest BCUT2D eigenvalue weighted by atomic mass is 32.2. The predicted molar refractivity (Wildman–Crippen MR) is 97.2 cm³/mol. The molecule has 25 heavy (non-hydrogen) atoms. The summed E-state index contributed by atoms with van der Waals surface area (Å²) in [5.41, 5.74) is 7.28. The number of hydrogen-bond donors (Lipinski definition) is 1. The highest BCUT2D eigenvalue weighted by molar-refractivity contribution is 7.89. The van der Waals surface area contributed by atoms with Gasteiger partial charge in [-0.05, 0) is 66.6 Å². The fourth-order valence-electron chi connectivity index (χ4n) is 3.44. The van der Waals surface area contributed by atoms with E-state index >= 15 is 0 Å². The summed E-state index contributed by atoms with van der Waals surface area (Å²) >= 11 is 0. The highest BCUT2D eigenvalue weighted by Crippen LogP contribution is 2.34. The van der Waals surface area contributed by atoms with Crippen LogP contribution in [0.25, 0.3) is 0 Å². The average Bonchev–Trinajstić information content (AvgIpc) is 2.62. The number of anilines is 1. The van der Waals surface area contributed by atoms with Gasteiger partial charge in [-0.15, -0.1) is 0 Å². The number of hydrogen-bond acceptors (Lipinski definition) is 3. The van der Waals surface area contributed by atoms with E-state index in [1.54, 1.807) is 28.6 Å². The maximum absolute atomic E-state index is 13.1. The zero-order valence-corrected chi connectivity index (χ0v) is 15.0. The molecule has 1 saturated heterocycles. The Morgan fingerprint density at radius 3 is 2.16 bits per heavy atom. The van der Waals surface area contributed by atoms with Gasteiger partial charge in [0, 0.05) is 18.8 Å². The summed E-state index contributed by atoms with van der Waals surface area (Å²) in [7, 11) is -3.47. The SMILES string of the molecule is CC(c1ccc(F)cc1)C1CCN(S(=O)(=O)c2ccc(N)cc2)CC1. The fourth-order valence-corrected chi connectivity index (χ4v) is 4.91. The normalized spacial score (nSPS) is 18.2. The van der Waals surface area contributed by atoms with Crippen molar-refractivity contribution in [1.82, 2.24) is 4.31 Å². The van der Waals surface area contributed by atoms with E-state index in [1.807, 2.05) is 12.1 Å². The number of piperidine rings is 1. The number of benzene rings is 2. The lowest BCUT2D eigenvalue weighted by Crippen LogP contribution is -2.39. The molecule has 2 aromatic rings. The molecule has 2 N–H and O–H groups in total. The topological polar surface area (TPSA) is 63.4 Å². The number of rotatable bonds is 4. The molecule has 134 valence electrons. The van der Waals surface area contributed by atoms with Gasteiger partial charge in [0.2, 0.25) is 10.0 Å². The molecular weight excluding hydrogens is 339 g/mol. The van der Waals surface area contributed by atoms with Crippen molar-refractivity contribution in [3.63, 3.8) is 0 Å². The molecule has 0 spiro atoms. The number of halogens is 1. The molecule has 0 amide bonds. The van der Waals surface area contributed by atoms with E-state index in [0.29, 0.717) is 24.7 Å². The van der Waals surface area contributed by atoms with E-state index in [2.05, 4.69) is 6.92 Å². The van der Waals surface area contributed by atoms with E-state index in [1.165, 1.54) is 12.1 Å². The Labute approximate surface area is 148 Å². The second-order valence-corrected chi connectivity index (χ2v) is 8.59. The molecule has 3 rings (SSSR count). The van der Waals surface area contributed by atoms with E-state index in [-0.39, 0.29) is 16.6 Å². The van der Waals surface area contributed by atoms with Crippen LogP contribution in [0, 0.1) is 11.7 Å². The third kappa shape index (κ3) is 3.85. The molecule has 0 aliphatic carbocycles. The van der Waals surface area contributed by atoms with Crippen LogP contribution in [0.15, 0.2) is 53.4 Å². The van der Waals surface area contributed by atoms with Gasteiger partial charge in [0.25, 0.3) is 0 Å². The van der Waals surface area contributed by atoms with E-state index in [0.717, 1.165) is 18.4 Å². The third-order valence-electron chi connectivity index (χ3n) is 5.12. The Balaban J connectivity index is 1.67. The molecule has 0 aromatic heterocycles. The van der Waals surface area contributed by atoms with Gasteiger partial charge in [-0.3, -0.25) is 0 Å². The quantitative estimate of drug-likeness (QED) is 0.845. The second kappa shape index (κ2) is 7.14. The monoisotopic (exact) mass is 362 g/mol. The first-order valence-corrected chi connectivity index (χ1v) is 9.93. The van der Waals surface area contributed by atoms with Crippen LogP contribution in [0.4, 0.5) is 10.1 Å². The maximum atomic E-state index is 13.1. The lowest BCUT2D eigenvalue weighted by Gasteiger charge is -2.34. The lowest BCUT2D eigenvalue weighted by molar-refractivity contribution is 0.250. The zero-order valence-electron chi connectivity index (χ0n) is 14.2. The molecule has 1 atom stereocenters. The Bertz CT molecular complexity index is 812. The number of sulfonamides is 1. The van der Waals surface area contributed by atoms with Gasteiger partial charge < -0.3 is 5.73 Å². The summed E-state index contributed by atoms with van der Waals surface area (Å²) in [4.78, 5) is 0.284. The largest absolute Gasteiger partial charge is 0.399 e. The summed E-state index contributed by atoms with van der Waals surface area (Å²) in [6.45, 7) is 3.13. The van der Waals surface area contributed by atoms with Crippen molar-refractivity contribution >= 4 is 15.7 Å². The van der Waals surface area contributed by atoms with Crippen molar-refractivity contribution in [2.45, 2.75) is 30.6 Å². The standard InChI is InChI=1S/C19H23FN2O2S/c1-14(15-2-4-17(20)5-3-15)16-10-12-22(13-11-16)25(23,24)19-8-6-18(21)7-9-19/h2-9,14,16H,10-13,21H2,1H3. The molecule has 0 saturated carbocycles. The molecule has 4 nitrogen and oxygen atoms in total. The lowest BCUT2D eigenvalue weighted by atomic mass is 9.82. The van der Waals surface area contributed by atoms with Gasteiger partial charge >= 0.3 is 0 Å². The number of nitrogen functional groups attached to an aromatic ring is 1. The maximum Gasteiger partial charge on any atom is 0.243 e. The zero-order chi connectivity index (χ0) is 18.0. The molecule has 0 bridgehead atoms. The molecule has 6 heteroatoms. The smallest absolute Gasteiger partial charge is 0.243 e. The van der Waals surface area contributed by atoms with Crippen LogP contribution in [0.5, 0.6) is 0 Å². The van der Waals surface area contributed by atoms with E-state index < -0.39 is 10.0 Å². The van der Waals surface area contributed by atoms with E-state index in [4.69, 9.17) is 5.73 Å². The van der Waals surface area contributed by atoms with Crippen LogP contribution in [0.1, 0.15) is 31.2 Å². The first-order valence-electron chi connectivity index (χ1n) is 8.49. The van der Waals surface area contributed by atoms with Gasteiger partial charge in [0.1, 0.15) is 5.82 Å². The molecule has 0 radical (unpaired) electrons. The van der Waals surface area contributed by atoms with Gasteiger partial charge in [-0.25, -0.2) is 12.8 Å². The highest BCUT2D eigenvalue weighted by Gasteiger charge is 2.31. The summed E-state index contributed by atoms with van der Waals surface area (Å²) in [6.07, 6.45) is 1.60. The first kappa shape index (κ1) is 17.9. The van der Waals surface area contributed by atoms with Crippen molar-refractivity contribution in [3.05, 3.63) is 59.9 Å². The summed E-state index contributed by atoms with van der Waals surface area (Å²) < 4.78 is 40.1. The minimum Gasteiger partial charge on any atom is -0.399 e. The summed E-state index contributed by atoms with van der Waals surface area (Å²) in [6, 6.07) is 12.9. The second-order valence-electron chi connectivity index (χ2n) is 6.65. The molecule has 1 aliphatic rings. The van der Waals surface area contributed by atoms with Crippen LogP contribution in [-0.2, 0) is 10.0 Å². The van der Waals surface area contributed by atoms with Crippen LogP contribution >= 0.6 is 0 Å². The van der Waals surface area contributed by atoms with Crippen LogP contribution in [0.2, 0.25) is 0 Å². The Morgan fingerprint density at radius 2 is 1.60 bits per heavy atom. The Hall–Kier alpha value is -1.92. The van der Waals surface area contributed by atoms with Crippen molar-refractivity contribution in [2.75, 3.05) is 18.8 Å². The fraction of sp³-hybridized carbons (Fsp3) is 0.368. The minimum atomic E-state index is -3.47. The van der Waals surface area contributed by atoms with Gasteiger partial charge in [0.15, 0.2) is 0 Å². The first-order chi connectivity index (χ1) is 11.9. The summed E-state index contributed by atoms with van der Waals surface area (Å²) in [5, 5.41) is 0. The van der Waals surface area contributed by atoms with Crippen molar-refractivity contribution in [3.8, 4) is 0 Å². The molecule has 1 heterocycles. The number of nitrogens with zero attached hydrogens (tertiary/aromatic N) is 1. The molecule has 1 fully saturated rings. The average molecular weight is 362 g/mol. The van der Waals surface area contributed by atoms with Gasteiger partial charge in [-0.2, -0.15) is 4.31 Å². The van der Waals surface area contributed by atoms with Crippen LogP contribution < -0.4 is 5.73 Å². The predicted octanol–water partition coefficient (Wildman–Crippen LogP) is 3.61.